The minimum absolute atomic E-state index is 0.000625. The summed E-state index contributed by atoms with van der Waals surface area (Å²) in [7, 11) is 0. The fourth-order valence-corrected chi connectivity index (χ4v) is 5.68. The van der Waals surface area contributed by atoms with Crippen LogP contribution in [0.25, 0.3) is 0 Å². The Labute approximate surface area is 164 Å². The van der Waals surface area contributed by atoms with E-state index in [0.29, 0.717) is 11.8 Å². The molecule has 2 aliphatic carbocycles. The van der Waals surface area contributed by atoms with Crippen molar-refractivity contribution in [1.29, 1.82) is 0 Å². The van der Waals surface area contributed by atoms with Crippen LogP contribution in [0.5, 0.6) is 0 Å². The van der Waals surface area contributed by atoms with Crippen LogP contribution in [-0.4, -0.2) is 23.4 Å². The fraction of sp³-hybridized carbons (Fsp3) is 0.409. The van der Waals surface area contributed by atoms with Crippen molar-refractivity contribution in [3.05, 3.63) is 60.2 Å². The lowest BCUT2D eigenvalue weighted by molar-refractivity contribution is -0.118. The van der Waals surface area contributed by atoms with Crippen LogP contribution in [0.15, 0.2) is 54.6 Å². The van der Waals surface area contributed by atoms with Crippen molar-refractivity contribution in [2.24, 2.45) is 17.8 Å². The third-order valence-corrected chi connectivity index (χ3v) is 6.95. The zero-order valence-corrected chi connectivity index (χ0v) is 16.0. The minimum Gasteiger partial charge on any atom is -0.324 e. The lowest BCUT2D eigenvalue weighted by Gasteiger charge is -2.29. The Hall–Kier alpha value is -2.04. The maximum atomic E-state index is 13.4. The second-order valence-corrected chi connectivity index (χ2v) is 8.53. The number of hydrogen-bond donors (Lipinski definition) is 1. The SMILES string of the molecule is Cc1ccccc1NC(=O)[C@@H]1[C@@H]2[C@@H]3C[C@@H]([C@H]2ON1c1ccccc1)[C@H](Cl)C3. The van der Waals surface area contributed by atoms with E-state index in [9.17, 15) is 4.79 Å². The summed E-state index contributed by atoms with van der Waals surface area (Å²) in [5, 5.41) is 5.13. The van der Waals surface area contributed by atoms with E-state index in [1.54, 1.807) is 0 Å². The van der Waals surface area contributed by atoms with Crippen LogP contribution in [0.2, 0.25) is 0 Å². The molecule has 1 heterocycles. The summed E-state index contributed by atoms with van der Waals surface area (Å²) in [6, 6.07) is 17.5. The molecule has 1 N–H and O–H groups in total. The molecule has 0 unspecified atom stereocenters. The number of carbonyl (C=O) groups is 1. The predicted molar refractivity (Wildman–Crippen MR) is 107 cm³/mol. The van der Waals surface area contributed by atoms with Gasteiger partial charge < -0.3 is 5.32 Å². The standard InChI is InChI=1S/C22H23ClN2O2/c1-13-7-5-6-10-18(13)24-22(26)20-19-14-11-16(17(23)12-14)21(19)27-25(20)15-8-3-2-4-9-15/h2-10,14,16-17,19-21H,11-12H2,1H3,(H,24,26)/t14-,16-,17-,19+,20+,21-/m1/s1. The third kappa shape index (κ3) is 2.74. The molecular weight excluding hydrogens is 360 g/mol. The maximum absolute atomic E-state index is 13.4. The normalized spacial score (nSPS) is 33.9. The second-order valence-electron chi connectivity index (χ2n) is 7.97. The zero-order chi connectivity index (χ0) is 18.5. The number of para-hydroxylation sites is 2. The number of nitrogens with one attached hydrogen (secondary N) is 1. The molecule has 5 heteroatoms. The molecule has 3 fully saturated rings. The zero-order valence-electron chi connectivity index (χ0n) is 15.2. The summed E-state index contributed by atoms with van der Waals surface area (Å²) in [6.45, 7) is 2.01. The Kier molecular flexibility index (Phi) is 4.14. The van der Waals surface area contributed by atoms with Crippen molar-refractivity contribution in [1.82, 2.24) is 0 Å². The minimum atomic E-state index is -0.337. The Balaban J connectivity index is 1.48. The van der Waals surface area contributed by atoms with E-state index < -0.39 is 0 Å². The van der Waals surface area contributed by atoms with Gasteiger partial charge in [0.2, 0.25) is 5.91 Å². The van der Waals surface area contributed by atoms with E-state index in [0.717, 1.165) is 29.8 Å². The Morgan fingerprint density at radius 3 is 2.63 bits per heavy atom. The van der Waals surface area contributed by atoms with Crippen molar-refractivity contribution < 1.29 is 9.63 Å². The molecule has 2 aromatic carbocycles. The number of hydroxylamine groups is 1. The van der Waals surface area contributed by atoms with Gasteiger partial charge in [-0.2, -0.15) is 0 Å². The van der Waals surface area contributed by atoms with Gasteiger partial charge in [0.25, 0.3) is 0 Å². The number of benzene rings is 2. The molecule has 5 rings (SSSR count). The molecule has 4 nitrogen and oxygen atoms in total. The summed E-state index contributed by atoms with van der Waals surface area (Å²) in [6.07, 6.45) is 2.08. The number of amides is 1. The quantitative estimate of drug-likeness (QED) is 0.800. The van der Waals surface area contributed by atoms with Crippen molar-refractivity contribution in [2.75, 3.05) is 10.4 Å². The van der Waals surface area contributed by atoms with Crippen LogP contribution >= 0.6 is 11.6 Å². The molecule has 2 saturated carbocycles. The largest absolute Gasteiger partial charge is 0.324 e. The fourth-order valence-electron chi connectivity index (χ4n) is 5.20. The molecule has 6 atom stereocenters. The van der Waals surface area contributed by atoms with Gasteiger partial charge in [0, 0.05) is 22.9 Å². The molecule has 0 radical (unpaired) electrons. The number of fused-ring (bicyclic) bond motifs is 5. The van der Waals surface area contributed by atoms with Gasteiger partial charge in [0.1, 0.15) is 6.04 Å². The van der Waals surface area contributed by atoms with Gasteiger partial charge in [-0.1, -0.05) is 36.4 Å². The third-order valence-electron chi connectivity index (χ3n) is 6.45. The lowest BCUT2D eigenvalue weighted by Crippen LogP contribution is -2.45. The highest BCUT2D eigenvalue weighted by Gasteiger charge is 2.62. The Bertz CT molecular complexity index is 858. The molecule has 140 valence electrons. The Morgan fingerprint density at radius 2 is 1.85 bits per heavy atom. The first-order valence-electron chi connectivity index (χ1n) is 9.65. The molecule has 2 bridgehead atoms. The average molecular weight is 383 g/mol. The van der Waals surface area contributed by atoms with Crippen LogP contribution in [0.3, 0.4) is 0 Å². The molecular formula is C22H23ClN2O2. The Morgan fingerprint density at radius 1 is 1.11 bits per heavy atom. The number of carbonyl (C=O) groups excluding carboxylic acids is 1. The van der Waals surface area contributed by atoms with Crippen molar-refractivity contribution in [2.45, 2.75) is 37.3 Å². The molecule has 27 heavy (non-hydrogen) atoms. The number of halogens is 1. The highest BCUT2D eigenvalue weighted by atomic mass is 35.5. The van der Waals surface area contributed by atoms with Gasteiger partial charge in [-0.25, -0.2) is 5.06 Å². The summed E-state index contributed by atoms with van der Waals surface area (Å²) in [4.78, 5) is 19.8. The maximum Gasteiger partial charge on any atom is 0.250 e. The first kappa shape index (κ1) is 17.1. The van der Waals surface area contributed by atoms with E-state index in [2.05, 4.69) is 5.32 Å². The first-order chi connectivity index (χ1) is 13.1. The topological polar surface area (TPSA) is 41.6 Å². The van der Waals surface area contributed by atoms with E-state index in [1.807, 2.05) is 66.6 Å². The number of hydrogen-bond acceptors (Lipinski definition) is 3. The van der Waals surface area contributed by atoms with E-state index >= 15 is 0 Å². The van der Waals surface area contributed by atoms with Crippen LogP contribution in [0.4, 0.5) is 11.4 Å². The van der Waals surface area contributed by atoms with E-state index in [1.165, 1.54) is 0 Å². The van der Waals surface area contributed by atoms with Crippen LogP contribution < -0.4 is 10.4 Å². The molecule has 1 saturated heterocycles. The summed E-state index contributed by atoms with van der Waals surface area (Å²) >= 11 is 6.55. The monoisotopic (exact) mass is 382 g/mol. The van der Waals surface area contributed by atoms with Gasteiger partial charge in [-0.15, -0.1) is 11.6 Å². The number of rotatable bonds is 3. The molecule has 2 aromatic rings. The average Bonchev–Trinajstić information content (AvgIpc) is 3.34. The number of anilines is 2. The highest BCUT2D eigenvalue weighted by Crippen LogP contribution is 2.57. The molecule has 0 aromatic heterocycles. The van der Waals surface area contributed by atoms with Gasteiger partial charge in [-0.05, 0) is 49.4 Å². The van der Waals surface area contributed by atoms with Gasteiger partial charge in [-0.3, -0.25) is 9.63 Å². The molecule has 0 spiro atoms. The van der Waals surface area contributed by atoms with Crippen LogP contribution in [0.1, 0.15) is 18.4 Å². The van der Waals surface area contributed by atoms with Crippen LogP contribution in [-0.2, 0) is 9.63 Å². The molecule has 1 aliphatic heterocycles. The molecule has 1 amide bonds. The van der Waals surface area contributed by atoms with Crippen molar-refractivity contribution in [3.8, 4) is 0 Å². The predicted octanol–water partition coefficient (Wildman–Crippen LogP) is 4.39. The van der Waals surface area contributed by atoms with Crippen molar-refractivity contribution >= 4 is 28.9 Å². The summed E-state index contributed by atoms with van der Waals surface area (Å²) in [5.74, 6) is 0.974. The highest BCUT2D eigenvalue weighted by molar-refractivity contribution is 6.21. The first-order valence-corrected chi connectivity index (χ1v) is 10.1. The number of aryl methyl sites for hydroxylation is 1. The number of alkyl halides is 1. The van der Waals surface area contributed by atoms with Crippen LogP contribution in [0, 0.1) is 24.7 Å². The van der Waals surface area contributed by atoms with Gasteiger partial charge in [0.05, 0.1) is 11.8 Å². The number of nitrogens with zero attached hydrogens (tertiary/aromatic N) is 1. The van der Waals surface area contributed by atoms with E-state index in [-0.39, 0.29) is 29.3 Å². The second kappa shape index (κ2) is 6.54. The summed E-state index contributed by atoms with van der Waals surface area (Å²) in [5.41, 5.74) is 2.83. The summed E-state index contributed by atoms with van der Waals surface area (Å²) < 4.78 is 0. The smallest absolute Gasteiger partial charge is 0.250 e. The van der Waals surface area contributed by atoms with E-state index in [4.69, 9.17) is 16.4 Å². The van der Waals surface area contributed by atoms with Crippen molar-refractivity contribution in [3.63, 3.8) is 0 Å². The molecule has 3 aliphatic rings. The van der Waals surface area contributed by atoms with Gasteiger partial charge >= 0.3 is 0 Å². The van der Waals surface area contributed by atoms with Gasteiger partial charge in [0.15, 0.2) is 0 Å². The lowest BCUT2D eigenvalue weighted by atomic mass is 9.81.